The van der Waals surface area contributed by atoms with Crippen LogP contribution >= 0.6 is 11.3 Å². The van der Waals surface area contributed by atoms with Crippen molar-refractivity contribution in [3.8, 4) is 11.3 Å². The second-order valence-electron chi connectivity index (χ2n) is 5.78. The fraction of sp³-hybridized carbons (Fsp3) is 0.222. The number of anilines is 1. The number of amides is 1. The number of aromatic nitrogens is 2. The molecule has 122 valence electrons. The first-order valence-corrected chi connectivity index (χ1v) is 8.49. The molecule has 0 radical (unpaired) electrons. The molecule has 0 aliphatic carbocycles. The molecule has 1 N–H and O–H groups in total. The van der Waals surface area contributed by atoms with Crippen LogP contribution in [0.3, 0.4) is 0 Å². The molecule has 2 aromatic rings. The van der Waals surface area contributed by atoms with Gasteiger partial charge in [0.1, 0.15) is 6.72 Å². The Morgan fingerprint density at radius 2 is 2.12 bits per heavy atom. The molecule has 0 saturated heterocycles. The monoisotopic (exact) mass is 339 g/mol. The molecule has 0 atom stereocenters. The summed E-state index contributed by atoms with van der Waals surface area (Å²) in [4.78, 5) is 21.3. The second-order valence-corrected chi connectivity index (χ2v) is 6.64. The standard InChI is InChI=1S/C18H18N4OS/c1-11-9-12(2)19-13(3)16(11)15-10-24-18(20-15)21-17(23)14-5-7-22(4)8-6-14/h5-7,9-10H,4,8H2,1-3H3/p+1. The third-order valence-corrected chi connectivity index (χ3v) is 4.54. The van der Waals surface area contributed by atoms with E-state index >= 15 is 0 Å². The minimum absolute atomic E-state index is 0.157. The van der Waals surface area contributed by atoms with Crippen molar-refractivity contribution in [3.63, 3.8) is 0 Å². The number of thiazole rings is 1. The molecular formula is C18H19N4OS+. The van der Waals surface area contributed by atoms with Crippen LogP contribution < -0.4 is 5.32 Å². The van der Waals surface area contributed by atoms with Gasteiger partial charge in [-0.2, -0.15) is 0 Å². The summed E-state index contributed by atoms with van der Waals surface area (Å²) in [7, 11) is 0. The first-order chi connectivity index (χ1) is 11.4. The maximum Gasteiger partial charge on any atom is 0.257 e. The number of carbonyl (C=O) groups excluding carboxylic acids is 1. The van der Waals surface area contributed by atoms with Gasteiger partial charge in [0.25, 0.3) is 5.91 Å². The first kappa shape index (κ1) is 16.3. The topological polar surface area (TPSA) is 57.9 Å². The van der Waals surface area contributed by atoms with Crippen LogP contribution in [0.25, 0.3) is 11.3 Å². The summed E-state index contributed by atoms with van der Waals surface area (Å²) in [6.07, 6.45) is 5.38. The van der Waals surface area contributed by atoms with Crippen LogP contribution in [-0.4, -0.2) is 33.7 Å². The molecule has 0 unspecified atom stereocenters. The van der Waals surface area contributed by atoms with Gasteiger partial charge in [0, 0.05) is 34.0 Å². The van der Waals surface area contributed by atoms with Crippen molar-refractivity contribution in [1.29, 1.82) is 0 Å². The molecule has 5 nitrogen and oxygen atoms in total. The number of hydrogen-bond acceptors (Lipinski definition) is 4. The fourth-order valence-electron chi connectivity index (χ4n) is 2.72. The Morgan fingerprint density at radius 1 is 1.33 bits per heavy atom. The molecule has 1 amide bonds. The van der Waals surface area contributed by atoms with E-state index in [1.165, 1.54) is 11.3 Å². The van der Waals surface area contributed by atoms with Gasteiger partial charge in [0.05, 0.1) is 5.69 Å². The summed E-state index contributed by atoms with van der Waals surface area (Å²) in [5.74, 6) is -0.157. The molecule has 0 spiro atoms. The van der Waals surface area contributed by atoms with Crippen LogP contribution in [0.4, 0.5) is 5.13 Å². The van der Waals surface area contributed by atoms with E-state index in [1.807, 2.05) is 31.4 Å². The van der Waals surface area contributed by atoms with Crippen LogP contribution in [0, 0.1) is 20.8 Å². The molecule has 6 heteroatoms. The van der Waals surface area contributed by atoms with Crippen LogP contribution in [0.15, 0.2) is 35.4 Å². The van der Waals surface area contributed by atoms with Crippen LogP contribution in [0.5, 0.6) is 0 Å². The lowest BCUT2D eigenvalue weighted by molar-refractivity contribution is -0.437. The average molecular weight is 339 g/mol. The summed E-state index contributed by atoms with van der Waals surface area (Å²) in [5, 5.41) is 5.39. The van der Waals surface area contributed by atoms with Crippen molar-refractivity contribution in [2.24, 2.45) is 0 Å². The zero-order valence-corrected chi connectivity index (χ0v) is 14.8. The van der Waals surface area contributed by atoms with Crippen molar-refractivity contribution < 1.29 is 9.37 Å². The van der Waals surface area contributed by atoms with Crippen molar-refractivity contribution >= 4 is 29.1 Å². The molecule has 0 aromatic carbocycles. The number of nitrogens with one attached hydrogen (secondary N) is 1. The van der Waals surface area contributed by atoms with Gasteiger partial charge in [-0.05, 0) is 38.5 Å². The molecule has 1 aliphatic rings. The number of nitrogens with zero attached hydrogens (tertiary/aromatic N) is 3. The Labute approximate surface area is 145 Å². The molecule has 24 heavy (non-hydrogen) atoms. The van der Waals surface area contributed by atoms with Crippen molar-refractivity contribution in [1.82, 2.24) is 9.97 Å². The van der Waals surface area contributed by atoms with E-state index in [4.69, 9.17) is 0 Å². The number of carbonyl (C=O) groups is 1. The molecule has 0 fully saturated rings. The summed E-state index contributed by atoms with van der Waals surface area (Å²) in [5.41, 5.74) is 5.57. The van der Waals surface area contributed by atoms with E-state index in [0.29, 0.717) is 17.2 Å². The highest BCUT2D eigenvalue weighted by Gasteiger charge is 2.16. The van der Waals surface area contributed by atoms with Gasteiger partial charge in [-0.25, -0.2) is 9.56 Å². The van der Waals surface area contributed by atoms with Gasteiger partial charge in [0.2, 0.25) is 0 Å². The van der Waals surface area contributed by atoms with Gasteiger partial charge >= 0.3 is 0 Å². The fourth-order valence-corrected chi connectivity index (χ4v) is 3.42. The Balaban J connectivity index is 1.81. The normalized spacial score (nSPS) is 13.8. The largest absolute Gasteiger partial charge is 0.298 e. The SMILES string of the molecule is C=[N+]1C=CC(C(=O)Nc2nc(-c3c(C)cc(C)nc3C)cs2)=CC1. The van der Waals surface area contributed by atoms with Gasteiger partial charge < -0.3 is 0 Å². The Morgan fingerprint density at radius 3 is 2.79 bits per heavy atom. The average Bonchev–Trinajstić information content (AvgIpc) is 2.95. The van der Waals surface area contributed by atoms with Crippen LogP contribution in [0.2, 0.25) is 0 Å². The van der Waals surface area contributed by atoms with E-state index in [0.717, 1.165) is 28.2 Å². The zero-order valence-electron chi connectivity index (χ0n) is 14.0. The van der Waals surface area contributed by atoms with Crippen molar-refractivity contribution in [2.45, 2.75) is 20.8 Å². The summed E-state index contributed by atoms with van der Waals surface area (Å²) < 4.78 is 1.76. The predicted molar refractivity (Wildman–Crippen MR) is 97.7 cm³/mol. The molecule has 3 rings (SSSR count). The lowest BCUT2D eigenvalue weighted by Crippen LogP contribution is -2.17. The molecule has 0 saturated carbocycles. The first-order valence-electron chi connectivity index (χ1n) is 7.61. The number of rotatable bonds is 3. The van der Waals surface area contributed by atoms with E-state index < -0.39 is 0 Å². The van der Waals surface area contributed by atoms with E-state index in [9.17, 15) is 4.79 Å². The minimum atomic E-state index is -0.157. The Hall–Kier alpha value is -2.60. The molecule has 2 aromatic heterocycles. The van der Waals surface area contributed by atoms with Gasteiger partial charge in [-0.1, -0.05) is 0 Å². The lowest BCUT2D eigenvalue weighted by atomic mass is 10.0. The minimum Gasteiger partial charge on any atom is -0.298 e. The summed E-state index contributed by atoms with van der Waals surface area (Å²) in [6, 6.07) is 2.04. The lowest BCUT2D eigenvalue weighted by Gasteiger charge is -2.08. The summed E-state index contributed by atoms with van der Waals surface area (Å²) in [6.45, 7) is 10.4. The van der Waals surface area contributed by atoms with Crippen molar-refractivity contribution in [2.75, 3.05) is 11.9 Å². The molecule has 0 bridgehead atoms. The second kappa shape index (κ2) is 6.49. The maximum absolute atomic E-state index is 12.3. The van der Waals surface area contributed by atoms with E-state index in [-0.39, 0.29) is 5.91 Å². The quantitative estimate of drug-likeness (QED) is 0.874. The number of pyridine rings is 1. The third-order valence-electron chi connectivity index (χ3n) is 3.78. The highest BCUT2D eigenvalue weighted by atomic mass is 32.1. The van der Waals surface area contributed by atoms with Crippen LogP contribution in [-0.2, 0) is 4.79 Å². The predicted octanol–water partition coefficient (Wildman–Crippen LogP) is 3.24. The number of hydrogen-bond donors (Lipinski definition) is 1. The molecule has 1 aliphatic heterocycles. The molecular weight excluding hydrogens is 320 g/mol. The highest BCUT2D eigenvalue weighted by Crippen LogP contribution is 2.30. The summed E-state index contributed by atoms with van der Waals surface area (Å²) >= 11 is 1.41. The smallest absolute Gasteiger partial charge is 0.257 e. The highest BCUT2D eigenvalue weighted by molar-refractivity contribution is 7.14. The Kier molecular flexibility index (Phi) is 4.40. The van der Waals surface area contributed by atoms with Gasteiger partial charge in [-0.15, -0.1) is 11.3 Å². The number of aryl methyl sites for hydroxylation is 3. The molecule has 3 heterocycles. The van der Waals surface area contributed by atoms with E-state index in [1.54, 1.807) is 16.9 Å². The Bertz CT molecular complexity index is 869. The van der Waals surface area contributed by atoms with E-state index in [2.05, 4.69) is 28.9 Å². The third kappa shape index (κ3) is 3.33. The van der Waals surface area contributed by atoms with Crippen LogP contribution in [0.1, 0.15) is 17.0 Å². The maximum atomic E-state index is 12.3. The van der Waals surface area contributed by atoms with Crippen molar-refractivity contribution in [3.05, 3.63) is 52.3 Å². The zero-order chi connectivity index (χ0) is 17.3. The van der Waals surface area contributed by atoms with Gasteiger partial charge in [-0.3, -0.25) is 15.1 Å². The van der Waals surface area contributed by atoms with Gasteiger partial charge in [0.15, 0.2) is 17.9 Å².